The number of nitrogens with one attached hydrogen (secondary N) is 1. The van der Waals surface area contributed by atoms with Crippen LogP contribution in [0, 0.1) is 0 Å². The number of allylic oxidation sites excluding steroid dienone is 6. The van der Waals surface area contributed by atoms with Gasteiger partial charge in [0.25, 0.3) is 0 Å². The minimum Gasteiger partial charge on any atom is -0.462 e. The second-order valence-corrected chi connectivity index (χ2v) is 17.6. The molecule has 0 aliphatic rings. The number of amides is 1. The Labute approximate surface area is 366 Å². The highest BCUT2D eigenvalue weighted by Crippen LogP contribution is 2.17. The van der Waals surface area contributed by atoms with Gasteiger partial charge in [-0.15, -0.1) is 0 Å². The zero-order chi connectivity index (χ0) is 43.1. The van der Waals surface area contributed by atoms with E-state index in [9.17, 15) is 19.8 Å². The summed E-state index contributed by atoms with van der Waals surface area (Å²) in [5.41, 5.74) is 0. The summed E-state index contributed by atoms with van der Waals surface area (Å²) in [5, 5.41) is 23.7. The Morgan fingerprint density at radius 3 is 1.39 bits per heavy atom. The lowest BCUT2D eigenvalue weighted by Gasteiger charge is -2.24. The van der Waals surface area contributed by atoms with Crippen molar-refractivity contribution in [2.24, 2.45) is 0 Å². The Kier molecular flexibility index (Phi) is 45.6. The molecule has 0 heterocycles. The summed E-state index contributed by atoms with van der Waals surface area (Å²) in [6.07, 6.45) is 55.0. The van der Waals surface area contributed by atoms with E-state index in [4.69, 9.17) is 4.74 Å². The normalized spacial score (nSPS) is 13.5. The van der Waals surface area contributed by atoms with Gasteiger partial charge in [-0.2, -0.15) is 0 Å². The van der Waals surface area contributed by atoms with Crippen LogP contribution >= 0.6 is 0 Å². The largest absolute Gasteiger partial charge is 0.462 e. The first kappa shape index (κ1) is 57.1. The molecule has 0 saturated heterocycles. The van der Waals surface area contributed by atoms with Crippen molar-refractivity contribution in [1.82, 2.24) is 5.32 Å². The maximum atomic E-state index is 13.1. The highest BCUT2D eigenvalue weighted by molar-refractivity contribution is 5.77. The van der Waals surface area contributed by atoms with Gasteiger partial charge in [0.2, 0.25) is 5.91 Å². The second kappa shape index (κ2) is 47.1. The quantitative estimate of drug-likeness (QED) is 0.0246. The Balaban J connectivity index is 4.42. The van der Waals surface area contributed by atoms with Gasteiger partial charge in [0.1, 0.15) is 6.10 Å². The lowest BCUT2D eigenvalue weighted by molar-refractivity contribution is -0.151. The molecule has 0 aromatic rings. The number of esters is 1. The van der Waals surface area contributed by atoms with Crippen molar-refractivity contribution in [1.29, 1.82) is 0 Å². The van der Waals surface area contributed by atoms with Gasteiger partial charge in [0, 0.05) is 6.42 Å². The SMILES string of the molecule is CCC/C=C\CCCCCC(CC(=O)NC(CO)C(O)CCCCCCCCCCCCCCCC)OC(=O)CCCCCCC/C=C/C=C/CCCCCCCCC. The van der Waals surface area contributed by atoms with Crippen molar-refractivity contribution in [2.45, 2.75) is 283 Å². The van der Waals surface area contributed by atoms with E-state index >= 15 is 0 Å². The molecule has 0 aromatic carbocycles. The van der Waals surface area contributed by atoms with E-state index in [2.05, 4.69) is 62.5 Å². The molecule has 59 heavy (non-hydrogen) atoms. The molecule has 0 bridgehead atoms. The van der Waals surface area contributed by atoms with Crippen molar-refractivity contribution in [3.8, 4) is 0 Å². The topological polar surface area (TPSA) is 95.9 Å². The first-order valence-corrected chi connectivity index (χ1v) is 25.7. The van der Waals surface area contributed by atoms with Crippen LogP contribution in [0.2, 0.25) is 0 Å². The maximum absolute atomic E-state index is 13.1. The minimum atomic E-state index is -0.791. The Morgan fingerprint density at radius 2 is 0.898 bits per heavy atom. The lowest BCUT2D eigenvalue weighted by Crippen LogP contribution is -2.46. The zero-order valence-electron chi connectivity index (χ0n) is 39.4. The predicted octanol–water partition coefficient (Wildman–Crippen LogP) is 15.3. The molecule has 0 saturated carbocycles. The third kappa shape index (κ3) is 42.6. The number of ether oxygens (including phenoxy) is 1. The van der Waals surface area contributed by atoms with E-state index in [0.29, 0.717) is 19.3 Å². The molecule has 6 heteroatoms. The van der Waals surface area contributed by atoms with Crippen LogP contribution in [0.25, 0.3) is 0 Å². The first-order valence-electron chi connectivity index (χ1n) is 25.7. The minimum absolute atomic E-state index is 0.0616. The molecule has 0 aliphatic carbocycles. The van der Waals surface area contributed by atoms with Gasteiger partial charge in [0.05, 0.1) is 25.2 Å². The molecule has 0 rings (SSSR count). The van der Waals surface area contributed by atoms with E-state index < -0.39 is 18.2 Å². The average Bonchev–Trinajstić information content (AvgIpc) is 3.23. The van der Waals surface area contributed by atoms with Gasteiger partial charge in [-0.25, -0.2) is 0 Å². The van der Waals surface area contributed by atoms with E-state index in [0.717, 1.165) is 89.9 Å². The molecule has 0 spiro atoms. The van der Waals surface area contributed by atoms with E-state index in [1.807, 2.05) is 0 Å². The number of carbonyl (C=O) groups is 2. The fourth-order valence-electron chi connectivity index (χ4n) is 7.78. The third-order valence-corrected chi connectivity index (χ3v) is 11.7. The van der Waals surface area contributed by atoms with Crippen LogP contribution in [0.3, 0.4) is 0 Å². The number of unbranched alkanes of at least 4 members (excludes halogenated alkanes) is 29. The molecule has 3 N–H and O–H groups in total. The summed E-state index contributed by atoms with van der Waals surface area (Å²) in [4.78, 5) is 26.0. The smallest absolute Gasteiger partial charge is 0.306 e. The van der Waals surface area contributed by atoms with Gasteiger partial charge in [-0.3, -0.25) is 9.59 Å². The van der Waals surface area contributed by atoms with Crippen molar-refractivity contribution in [3.63, 3.8) is 0 Å². The number of aliphatic hydroxyl groups excluding tert-OH is 2. The molecule has 3 unspecified atom stereocenters. The van der Waals surface area contributed by atoms with Crippen molar-refractivity contribution in [3.05, 3.63) is 36.5 Å². The summed E-state index contributed by atoms with van der Waals surface area (Å²) in [6.45, 7) is 6.41. The van der Waals surface area contributed by atoms with Crippen molar-refractivity contribution >= 4 is 11.9 Å². The average molecular weight is 830 g/mol. The van der Waals surface area contributed by atoms with Crippen molar-refractivity contribution < 1.29 is 24.5 Å². The van der Waals surface area contributed by atoms with Gasteiger partial charge >= 0.3 is 5.97 Å². The van der Waals surface area contributed by atoms with E-state index in [1.54, 1.807) is 0 Å². The van der Waals surface area contributed by atoms with Crippen molar-refractivity contribution in [2.75, 3.05) is 6.61 Å². The fraction of sp³-hybridized carbons (Fsp3) is 0.849. The highest BCUT2D eigenvalue weighted by atomic mass is 16.5. The number of carbonyl (C=O) groups excluding carboxylic acids is 2. The third-order valence-electron chi connectivity index (χ3n) is 11.7. The molecule has 0 aliphatic heterocycles. The van der Waals surface area contributed by atoms with Crippen LogP contribution in [-0.4, -0.2) is 46.9 Å². The van der Waals surface area contributed by atoms with Crippen LogP contribution in [-0.2, 0) is 14.3 Å². The van der Waals surface area contributed by atoms with Crippen LogP contribution in [0.15, 0.2) is 36.5 Å². The highest BCUT2D eigenvalue weighted by Gasteiger charge is 2.24. The number of hydrogen-bond donors (Lipinski definition) is 3. The molecule has 3 atom stereocenters. The molecule has 6 nitrogen and oxygen atoms in total. The molecular formula is C53H99NO5. The molecular weight excluding hydrogens is 731 g/mol. The predicted molar refractivity (Wildman–Crippen MR) is 255 cm³/mol. The van der Waals surface area contributed by atoms with Gasteiger partial charge in [0.15, 0.2) is 0 Å². The zero-order valence-corrected chi connectivity index (χ0v) is 39.4. The standard InChI is InChI=1S/C53H99NO5/c1-4-7-10-13-16-19-21-23-25-26-27-28-30-32-34-37-40-43-46-53(58)59-49(44-41-38-35-18-15-12-9-6-3)47-52(57)54-50(48-55)51(56)45-42-39-36-33-31-29-24-22-20-17-14-11-8-5-2/h12,15,25-28,49-51,55-56H,4-11,13-14,16-24,29-48H2,1-3H3,(H,54,57)/b15-12-,26-25+,28-27+. The molecule has 0 aromatic heterocycles. The fourth-order valence-corrected chi connectivity index (χ4v) is 7.78. The Morgan fingerprint density at radius 1 is 0.492 bits per heavy atom. The summed E-state index contributed by atoms with van der Waals surface area (Å²) in [6, 6.07) is -0.706. The monoisotopic (exact) mass is 830 g/mol. The van der Waals surface area contributed by atoms with Gasteiger partial charge in [-0.1, -0.05) is 218 Å². The Hall–Kier alpha value is -1.92. The van der Waals surface area contributed by atoms with Crippen LogP contribution in [0.1, 0.15) is 265 Å². The Bertz CT molecular complexity index is 977. The van der Waals surface area contributed by atoms with Crippen LogP contribution in [0.5, 0.6) is 0 Å². The maximum Gasteiger partial charge on any atom is 0.306 e. The number of hydrogen-bond acceptors (Lipinski definition) is 5. The van der Waals surface area contributed by atoms with Crippen LogP contribution in [0.4, 0.5) is 0 Å². The molecule has 0 radical (unpaired) electrons. The summed E-state index contributed by atoms with van der Waals surface area (Å²) >= 11 is 0. The van der Waals surface area contributed by atoms with Gasteiger partial charge in [-0.05, 0) is 70.6 Å². The molecule has 1 amide bonds. The summed E-state index contributed by atoms with van der Waals surface area (Å²) in [7, 11) is 0. The first-order chi connectivity index (χ1) is 29.0. The number of aliphatic hydroxyl groups is 2. The summed E-state index contributed by atoms with van der Waals surface area (Å²) in [5.74, 6) is -0.505. The lowest BCUT2D eigenvalue weighted by atomic mass is 10.0. The number of rotatable bonds is 46. The van der Waals surface area contributed by atoms with E-state index in [-0.39, 0.29) is 24.9 Å². The van der Waals surface area contributed by atoms with E-state index in [1.165, 1.54) is 128 Å². The van der Waals surface area contributed by atoms with Crippen LogP contribution < -0.4 is 5.32 Å². The molecule has 0 fully saturated rings. The molecule has 346 valence electrons. The van der Waals surface area contributed by atoms with Gasteiger partial charge < -0.3 is 20.3 Å². The summed E-state index contributed by atoms with van der Waals surface area (Å²) < 4.78 is 5.89. The second-order valence-electron chi connectivity index (χ2n) is 17.6.